The van der Waals surface area contributed by atoms with Crippen LogP contribution < -0.4 is 5.73 Å². The Balaban J connectivity index is 1.90. The molecule has 2 aromatic heterocycles. The van der Waals surface area contributed by atoms with Gasteiger partial charge in [-0.3, -0.25) is 0 Å². The Morgan fingerprint density at radius 2 is 2.05 bits per heavy atom. The highest BCUT2D eigenvalue weighted by Crippen LogP contribution is 2.23. The summed E-state index contributed by atoms with van der Waals surface area (Å²) in [4.78, 5) is 7.24. The Labute approximate surface area is 122 Å². The predicted octanol–water partition coefficient (Wildman–Crippen LogP) is 3.80. The second-order valence-electron chi connectivity index (χ2n) is 4.73. The van der Waals surface area contributed by atoms with Crippen LogP contribution in [0.15, 0.2) is 48.8 Å². The molecule has 20 heavy (non-hydrogen) atoms. The smallest absolute Gasteiger partial charge is 0.140 e. The van der Waals surface area contributed by atoms with E-state index in [2.05, 4.69) is 28.6 Å². The number of hydrogen-bond donors (Lipinski definition) is 1. The van der Waals surface area contributed by atoms with E-state index in [4.69, 9.17) is 5.73 Å². The first-order valence-electron chi connectivity index (χ1n) is 6.71. The van der Waals surface area contributed by atoms with Crippen molar-refractivity contribution in [3.63, 3.8) is 0 Å². The normalized spacial score (nSPS) is 10.8. The number of anilines is 1. The lowest BCUT2D eigenvalue weighted by Gasteiger charge is -2.07. The molecule has 0 fully saturated rings. The molecule has 0 radical (unpaired) electrons. The van der Waals surface area contributed by atoms with Gasteiger partial charge in [0.2, 0.25) is 0 Å². The number of rotatable bonds is 4. The highest BCUT2D eigenvalue weighted by Gasteiger charge is 2.08. The molecule has 0 amide bonds. The van der Waals surface area contributed by atoms with Crippen LogP contribution in [0.25, 0.3) is 11.4 Å². The Morgan fingerprint density at radius 1 is 1.20 bits per heavy atom. The maximum atomic E-state index is 5.85. The van der Waals surface area contributed by atoms with E-state index in [0.29, 0.717) is 0 Å². The van der Waals surface area contributed by atoms with Crippen LogP contribution in [0.4, 0.5) is 5.69 Å². The zero-order valence-electron chi connectivity index (χ0n) is 11.4. The molecule has 102 valence electrons. The van der Waals surface area contributed by atoms with Gasteiger partial charge in [0.15, 0.2) is 0 Å². The largest absolute Gasteiger partial charge is 0.399 e. The summed E-state index contributed by atoms with van der Waals surface area (Å²) >= 11 is 1.86. The van der Waals surface area contributed by atoms with Crippen molar-refractivity contribution in [1.29, 1.82) is 0 Å². The quantitative estimate of drug-likeness (QED) is 0.740. The number of aryl methyl sites for hydroxylation is 1. The minimum absolute atomic E-state index is 0.765. The molecular formula is C16H17N3S. The summed E-state index contributed by atoms with van der Waals surface area (Å²) < 4.78 is 2.17. The van der Waals surface area contributed by atoms with E-state index in [9.17, 15) is 0 Å². The SMILES string of the molecule is CCc1ccc(Cn2ccnc2-c2cccc(N)c2)s1. The first-order chi connectivity index (χ1) is 9.76. The van der Waals surface area contributed by atoms with Gasteiger partial charge in [0, 0.05) is 33.4 Å². The Kier molecular flexibility index (Phi) is 3.56. The third-order valence-corrected chi connectivity index (χ3v) is 4.47. The molecule has 0 spiro atoms. The average Bonchev–Trinajstić information content (AvgIpc) is 3.08. The number of imidazole rings is 1. The van der Waals surface area contributed by atoms with Crippen LogP contribution in [0.1, 0.15) is 16.7 Å². The van der Waals surface area contributed by atoms with Crippen molar-refractivity contribution >= 4 is 17.0 Å². The molecule has 0 atom stereocenters. The van der Waals surface area contributed by atoms with Crippen molar-refractivity contribution in [3.05, 3.63) is 58.5 Å². The summed E-state index contributed by atoms with van der Waals surface area (Å²) in [5.41, 5.74) is 7.68. The summed E-state index contributed by atoms with van der Waals surface area (Å²) in [5.74, 6) is 0.962. The fraction of sp³-hybridized carbons (Fsp3) is 0.188. The summed E-state index contributed by atoms with van der Waals surface area (Å²) in [6, 6.07) is 12.3. The average molecular weight is 283 g/mol. The number of aromatic nitrogens is 2. The van der Waals surface area contributed by atoms with Crippen LogP contribution in [-0.2, 0) is 13.0 Å². The zero-order valence-corrected chi connectivity index (χ0v) is 12.2. The van der Waals surface area contributed by atoms with Gasteiger partial charge in [-0.1, -0.05) is 19.1 Å². The first-order valence-corrected chi connectivity index (χ1v) is 7.52. The molecular weight excluding hydrogens is 266 g/mol. The standard InChI is InChI=1S/C16H17N3S/c1-2-14-6-7-15(20-14)11-19-9-8-18-16(19)12-4-3-5-13(17)10-12/h3-10H,2,11,17H2,1H3. The van der Waals surface area contributed by atoms with E-state index >= 15 is 0 Å². The number of nitrogens with two attached hydrogens (primary N) is 1. The lowest BCUT2D eigenvalue weighted by Crippen LogP contribution is -1.99. The van der Waals surface area contributed by atoms with Gasteiger partial charge < -0.3 is 10.3 Å². The maximum Gasteiger partial charge on any atom is 0.140 e. The maximum absolute atomic E-state index is 5.85. The van der Waals surface area contributed by atoms with E-state index in [0.717, 1.165) is 30.0 Å². The predicted molar refractivity (Wildman–Crippen MR) is 84.9 cm³/mol. The third kappa shape index (κ3) is 2.60. The second-order valence-corrected chi connectivity index (χ2v) is 5.98. The van der Waals surface area contributed by atoms with Gasteiger partial charge in [0.1, 0.15) is 5.82 Å². The van der Waals surface area contributed by atoms with Crippen molar-refractivity contribution in [3.8, 4) is 11.4 Å². The molecule has 4 heteroatoms. The molecule has 2 heterocycles. The molecule has 0 aliphatic carbocycles. The molecule has 0 saturated heterocycles. The van der Waals surface area contributed by atoms with Gasteiger partial charge >= 0.3 is 0 Å². The highest BCUT2D eigenvalue weighted by molar-refractivity contribution is 7.11. The summed E-state index contributed by atoms with van der Waals surface area (Å²) in [6.45, 7) is 3.04. The molecule has 2 N–H and O–H groups in total. The van der Waals surface area contributed by atoms with Crippen molar-refractivity contribution in [2.24, 2.45) is 0 Å². The lowest BCUT2D eigenvalue weighted by atomic mass is 10.2. The number of nitrogens with zero attached hydrogens (tertiary/aromatic N) is 2. The zero-order chi connectivity index (χ0) is 13.9. The van der Waals surface area contributed by atoms with Crippen molar-refractivity contribution in [2.75, 3.05) is 5.73 Å². The van der Waals surface area contributed by atoms with E-state index in [1.54, 1.807) is 0 Å². The Bertz CT molecular complexity index is 712. The molecule has 0 saturated carbocycles. The van der Waals surface area contributed by atoms with Crippen molar-refractivity contribution < 1.29 is 0 Å². The number of benzene rings is 1. The lowest BCUT2D eigenvalue weighted by molar-refractivity contribution is 0.820. The molecule has 0 aliphatic rings. The number of hydrogen-bond acceptors (Lipinski definition) is 3. The van der Waals surface area contributed by atoms with Gasteiger partial charge in [-0.25, -0.2) is 4.98 Å². The number of nitrogen functional groups attached to an aromatic ring is 1. The van der Waals surface area contributed by atoms with Gasteiger partial charge in [-0.05, 0) is 30.7 Å². The van der Waals surface area contributed by atoms with Gasteiger partial charge in [-0.15, -0.1) is 11.3 Å². The molecule has 3 rings (SSSR count). The summed E-state index contributed by atoms with van der Waals surface area (Å²) in [5, 5.41) is 0. The molecule has 0 bridgehead atoms. The van der Waals surface area contributed by atoms with Crippen LogP contribution in [0, 0.1) is 0 Å². The van der Waals surface area contributed by atoms with Crippen LogP contribution >= 0.6 is 11.3 Å². The molecule has 3 aromatic rings. The summed E-state index contributed by atoms with van der Waals surface area (Å²) in [6.07, 6.45) is 4.95. The first kappa shape index (κ1) is 12.9. The number of thiophene rings is 1. The molecule has 3 nitrogen and oxygen atoms in total. The highest BCUT2D eigenvalue weighted by atomic mass is 32.1. The van der Waals surface area contributed by atoms with Crippen LogP contribution in [-0.4, -0.2) is 9.55 Å². The minimum Gasteiger partial charge on any atom is -0.399 e. The molecule has 0 aliphatic heterocycles. The molecule has 1 aromatic carbocycles. The monoisotopic (exact) mass is 283 g/mol. The second kappa shape index (κ2) is 5.51. The topological polar surface area (TPSA) is 43.8 Å². The van der Waals surface area contributed by atoms with Gasteiger partial charge in [0.25, 0.3) is 0 Å². The third-order valence-electron chi connectivity index (χ3n) is 3.25. The van der Waals surface area contributed by atoms with Gasteiger partial charge in [-0.2, -0.15) is 0 Å². The van der Waals surface area contributed by atoms with E-state index in [1.165, 1.54) is 9.75 Å². The van der Waals surface area contributed by atoms with Crippen LogP contribution in [0.5, 0.6) is 0 Å². The minimum atomic E-state index is 0.765. The van der Waals surface area contributed by atoms with Crippen LogP contribution in [0.3, 0.4) is 0 Å². The van der Waals surface area contributed by atoms with E-state index < -0.39 is 0 Å². The summed E-state index contributed by atoms with van der Waals surface area (Å²) in [7, 11) is 0. The Morgan fingerprint density at radius 3 is 2.80 bits per heavy atom. The molecule has 0 unspecified atom stereocenters. The van der Waals surface area contributed by atoms with E-state index in [-0.39, 0.29) is 0 Å². The van der Waals surface area contributed by atoms with Gasteiger partial charge in [0.05, 0.1) is 6.54 Å². The van der Waals surface area contributed by atoms with E-state index in [1.807, 2.05) is 48.0 Å². The van der Waals surface area contributed by atoms with Crippen LogP contribution in [0.2, 0.25) is 0 Å². The van der Waals surface area contributed by atoms with Crippen molar-refractivity contribution in [2.45, 2.75) is 19.9 Å². The Hall–Kier alpha value is -2.07. The fourth-order valence-corrected chi connectivity index (χ4v) is 3.20. The fourth-order valence-electron chi connectivity index (χ4n) is 2.24. The van der Waals surface area contributed by atoms with Crippen molar-refractivity contribution in [1.82, 2.24) is 9.55 Å².